The number of ether oxygens (including phenoxy) is 2. The van der Waals surface area contributed by atoms with Crippen molar-refractivity contribution in [2.45, 2.75) is 29.7 Å². The Bertz CT molecular complexity index is 1510. The minimum absolute atomic E-state index is 0.0369. The summed E-state index contributed by atoms with van der Waals surface area (Å²) < 4.78 is 66.2. The number of nitrogens with one attached hydrogen (secondary N) is 2. The number of hydrogen-bond donors (Lipinski definition) is 2. The van der Waals surface area contributed by atoms with E-state index in [0.29, 0.717) is 5.75 Å². The van der Waals surface area contributed by atoms with Crippen LogP contribution >= 0.6 is 11.6 Å². The number of rotatable bonds is 11. The lowest BCUT2D eigenvalue weighted by Gasteiger charge is -2.25. The molecular formula is C25H28ClN3O7S2. The standard InChI is InChI=1S/C25H28ClN3O7S2/c1-17(2)28-37(31,32)20-11-13-24(36-4)22(15-20)27-25(30)16-29(18-10-12-23(35-3)21(26)14-18)38(33,34)19-8-6-5-7-9-19/h5-15,17,28H,16H2,1-4H3,(H,27,30). The fourth-order valence-corrected chi connectivity index (χ4v) is 6.46. The molecule has 3 aromatic carbocycles. The Balaban J connectivity index is 2.00. The van der Waals surface area contributed by atoms with Gasteiger partial charge in [0.15, 0.2) is 0 Å². The van der Waals surface area contributed by atoms with Gasteiger partial charge >= 0.3 is 0 Å². The first-order valence-electron chi connectivity index (χ1n) is 11.3. The van der Waals surface area contributed by atoms with Crippen molar-refractivity contribution in [3.8, 4) is 11.5 Å². The van der Waals surface area contributed by atoms with Crippen LogP contribution in [0.1, 0.15) is 13.8 Å². The SMILES string of the molecule is COc1ccc(N(CC(=O)Nc2cc(S(=O)(=O)NC(C)C)ccc2OC)S(=O)(=O)c2ccccc2)cc1Cl. The highest BCUT2D eigenvalue weighted by Gasteiger charge is 2.28. The van der Waals surface area contributed by atoms with Gasteiger partial charge in [-0.3, -0.25) is 9.10 Å². The molecule has 0 aliphatic rings. The van der Waals surface area contributed by atoms with Crippen LogP contribution in [-0.4, -0.2) is 49.5 Å². The zero-order chi connectivity index (χ0) is 28.1. The van der Waals surface area contributed by atoms with E-state index in [1.807, 2.05) is 0 Å². The molecule has 204 valence electrons. The molecule has 0 heterocycles. The molecule has 13 heteroatoms. The summed E-state index contributed by atoms with van der Waals surface area (Å²) in [5, 5.41) is 2.72. The average Bonchev–Trinajstić information content (AvgIpc) is 2.87. The molecule has 0 atom stereocenters. The summed E-state index contributed by atoms with van der Waals surface area (Å²) in [6, 6.07) is 15.6. The molecule has 0 aliphatic carbocycles. The second kappa shape index (κ2) is 12.0. The molecule has 0 unspecified atom stereocenters. The Labute approximate surface area is 227 Å². The summed E-state index contributed by atoms with van der Waals surface area (Å²) >= 11 is 6.25. The number of amides is 1. The molecule has 0 saturated carbocycles. The number of benzene rings is 3. The first-order chi connectivity index (χ1) is 17.9. The molecule has 38 heavy (non-hydrogen) atoms. The number of carbonyl (C=O) groups excluding carboxylic acids is 1. The average molecular weight is 582 g/mol. The van der Waals surface area contributed by atoms with Crippen molar-refractivity contribution in [3.63, 3.8) is 0 Å². The lowest BCUT2D eigenvalue weighted by molar-refractivity contribution is -0.114. The van der Waals surface area contributed by atoms with E-state index in [4.69, 9.17) is 21.1 Å². The number of methoxy groups -OCH3 is 2. The van der Waals surface area contributed by atoms with E-state index < -0.39 is 32.5 Å². The molecule has 3 rings (SSSR count). The molecule has 10 nitrogen and oxygen atoms in total. The van der Waals surface area contributed by atoms with E-state index in [-0.39, 0.29) is 38.0 Å². The Morgan fingerprint density at radius 2 is 1.53 bits per heavy atom. The number of sulfonamides is 2. The number of halogens is 1. The second-order valence-electron chi connectivity index (χ2n) is 8.33. The maximum atomic E-state index is 13.6. The first-order valence-corrected chi connectivity index (χ1v) is 14.6. The largest absolute Gasteiger partial charge is 0.495 e. The van der Waals surface area contributed by atoms with Crippen LogP contribution in [0.25, 0.3) is 0 Å². The Morgan fingerprint density at radius 1 is 0.895 bits per heavy atom. The van der Waals surface area contributed by atoms with Crippen LogP contribution in [0.15, 0.2) is 76.5 Å². The van der Waals surface area contributed by atoms with E-state index in [1.54, 1.807) is 32.0 Å². The summed E-state index contributed by atoms with van der Waals surface area (Å²) in [5.74, 6) is -0.234. The number of carbonyl (C=O) groups is 1. The predicted molar refractivity (Wildman–Crippen MR) is 146 cm³/mol. The summed E-state index contributed by atoms with van der Waals surface area (Å²) in [4.78, 5) is 13.1. The van der Waals surface area contributed by atoms with Gasteiger partial charge in [0, 0.05) is 6.04 Å². The topological polar surface area (TPSA) is 131 Å². The van der Waals surface area contributed by atoms with Crippen molar-refractivity contribution < 1.29 is 31.1 Å². The molecule has 0 fully saturated rings. The lowest BCUT2D eigenvalue weighted by atomic mass is 10.2. The van der Waals surface area contributed by atoms with Crippen molar-refractivity contribution in [2.24, 2.45) is 0 Å². The number of anilines is 2. The van der Waals surface area contributed by atoms with Crippen LogP contribution in [0.3, 0.4) is 0 Å². The van der Waals surface area contributed by atoms with Crippen LogP contribution in [0.4, 0.5) is 11.4 Å². The van der Waals surface area contributed by atoms with Gasteiger partial charge in [0.05, 0.1) is 40.4 Å². The minimum Gasteiger partial charge on any atom is -0.495 e. The van der Waals surface area contributed by atoms with Crippen LogP contribution in [-0.2, 0) is 24.8 Å². The third kappa shape index (κ3) is 6.76. The van der Waals surface area contributed by atoms with Gasteiger partial charge in [0.1, 0.15) is 18.0 Å². The summed E-state index contributed by atoms with van der Waals surface area (Å²) in [6.07, 6.45) is 0. The highest BCUT2D eigenvalue weighted by atomic mass is 35.5. The molecule has 0 spiro atoms. The normalized spacial score (nSPS) is 11.7. The van der Waals surface area contributed by atoms with Gasteiger partial charge in [-0.1, -0.05) is 29.8 Å². The summed E-state index contributed by atoms with van der Waals surface area (Å²) in [6.45, 7) is 2.71. The van der Waals surface area contributed by atoms with Gasteiger partial charge in [0.2, 0.25) is 15.9 Å². The van der Waals surface area contributed by atoms with E-state index in [2.05, 4.69) is 10.0 Å². The number of hydrogen-bond acceptors (Lipinski definition) is 7. The summed E-state index contributed by atoms with van der Waals surface area (Å²) in [5.41, 5.74) is 0.174. The van der Waals surface area contributed by atoms with Gasteiger partial charge < -0.3 is 14.8 Å². The molecule has 0 aromatic heterocycles. The quantitative estimate of drug-likeness (QED) is 0.351. The van der Waals surface area contributed by atoms with Crippen molar-refractivity contribution in [1.82, 2.24) is 4.72 Å². The molecule has 1 amide bonds. The van der Waals surface area contributed by atoms with E-state index in [0.717, 1.165) is 4.31 Å². The molecule has 0 bridgehead atoms. The number of nitrogens with zero attached hydrogens (tertiary/aromatic N) is 1. The Kier molecular flexibility index (Phi) is 9.26. The van der Waals surface area contributed by atoms with Crippen molar-refractivity contribution >= 4 is 48.9 Å². The van der Waals surface area contributed by atoms with Gasteiger partial charge in [-0.2, -0.15) is 0 Å². The molecule has 0 radical (unpaired) electrons. The van der Waals surface area contributed by atoms with Crippen molar-refractivity contribution in [2.75, 3.05) is 30.4 Å². The molecule has 2 N–H and O–H groups in total. The maximum Gasteiger partial charge on any atom is 0.264 e. The molecule has 0 aliphatic heterocycles. The van der Waals surface area contributed by atoms with Gasteiger partial charge in [-0.05, 0) is 62.4 Å². The second-order valence-corrected chi connectivity index (χ2v) is 12.3. The smallest absolute Gasteiger partial charge is 0.264 e. The third-order valence-electron chi connectivity index (χ3n) is 5.19. The third-order valence-corrected chi connectivity index (χ3v) is 8.93. The van der Waals surface area contributed by atoms with E-state index >= 15 is 0 Å². The summed E-state index contributed by atoms with van der Waals surface area (Å²) in [7, 11) is -5.29. The van der Waals surface area contributed by atoms with Crippen molar-refractivity contribution in [1.29, 1.82) is 0 Å². The lowest BCUT2D eigenvalue weighted by Crippen LogP contribution is -2.38. The monoisotopic (exact) mass is 581 g/mol. The van der Waals surface area contributed by atoms with Gasteiger partial charge in [-0.15, -0.1) is 0 Å². The Morgan fingerprint density at radius 3 is 2.11 bits per heavy atom. The van der Waals surface area contributed by atoms with Crippen molar-refractivity contribution in [3.05, 3.63) is 71.8 Å². The van der Waals surface area contributed by atoms with E-state index in [1.165, 1.54) is 62.8 Å². The highest BCUT2D eigenvalue weighted by molar-refractivity contribution is 7.92. The van der Waals surface area contributed by atoms with Crippen LogP contribution in [0.5, 0.6) is 11.5 Å². The van der Waals surface area contributed by atoms with Crippen LogP contribution < -0.4 is 23.8 Å². The first kappa shape index (κ1) is 29.2. The fourth-order valence-electron chi connectivity index (χ4n) is 3.50. The Hall–Kier alpha value is -3.32. The maximum absolute atomic E-state index is 13.6. The highest BCUT2D eigenvalue weighted by Crippen LogP contribution is 2.32. The predicted octanol–water partition coefficient (Wildman–Crippen LogP) is 3.88. The zero-order valence-corrected chi connectivity index (χ0v) is 23.5. The minimum atomic E-state index is -4.20. The van der Waals surface area contributed by atoms with Crippen LogP contribution in [0, 0.1) is 0 Å². The molecule has 0 saturated heterocycles. The van der Waals surface area contributed by atoms with Gasteiger partial charge in [0.25, 0.3) is 10.0 Å². The zero-order valence-electron chi connectivity index (χ0n) is 21.1. The fraction of sp³-hybridized carbons (Fsp3) is 0.240. The molecular weight excluding hydrogens is 554 g/mol. The van der Waals surface area contributed by atoms with Crippen LogP contribution in [0.2, 0.25) is 5.02 Å². The van der Waals surface area contributed by atoms with Gasteiger partial charge in [-0.25, -0.2) is 21.6 Å². The van der Waals surface area contributed by atoms with E-state index in [9.17, 15) is 21.6 Å². The molecule has 3 aromatic rings.